The minimum absolute atomic E-state index is 0.0693. The first-order valence-corrected chi connectivity index (χ1v) is 10.5. The molecular formula is C26H23N3O6. The van der Waals surface area contributed by atoms with Gasteiger partial charge in [0.2, 0.25) is 5.91 Å². The van der Waals surface area contributed by atoms with Gasteiger partial charge in [-0.1, -0.05) is 42.5 Å². The zero-order chi connectivity index (χ0) is 25.0. The van der Waals surface area contributed by atoms with Crippen LogP contribution in [0.4, 0.5) is 5.69 Å². The predicted molar refractivity (Wildman–Crippen MR) is 129 cm³/mol. The van der Waals surface area contributed by atoms with Gasteiger partial charge >= 0.3 is 5.97 Å². The summed E-state index contributed by atoms with van der Waals surface area (Å²) in [6, 6.07) is 21.7. The molecule has 0 aliphatic rings. The molecule has 0 saturated heterocycles. The lowest BCUT2D eigenvalue weighted by Crippen LogP contribution is -2.43. The van der Waals surface area contributed by atoms with E-state index in [4.69, 9.17) is 9.47 Å². The van der Waals surface area contributed by atoms with Crippen molar-refractivity contribution >= 4 is 35.5 Å². The molecule has 0 aliphatic carbocycles. The molecule has 9 nitrogen and oxygen atoms in total. The van der Waals surface area contributed by atoms with Gasteiger partial charge in [0.25, 0.3) is 11.8 Å². The van der Waals surface area contributed by atoms with Crippen LogP contribution in [0.15, 0.2) is 84.9 Å². The van der Waals surface area contributed by atoms with Gasteiger partial charge in [0.05, 0.1) is 18.4 Å². The van der Waals surface area contributed by atoms with E-state index in [1.807, 2.05) is 0 Å². The molecule has 3 aromatic carbocycles. The van der Waals surface area contributed by atoms with Gasteiger partial charge in [0.1, 0.15) is 5.75 Å². The second kappa shape index (κ2) is 12.4. The fraction of sp³-hybridized carbons (Fsp3) is 0.0769. The molecule has 3 aromatic rings. The highest BCUT2D eigenvalue weighted by Crippen LogP contribution is 2.17. The van der Waals surface area contributed by atoms with Crippen molar-refractivity contribution in [3.05, 3.63) is 102 Å². The monoisotopic (exact) mass is 473 g/mol. The van der Waals surface area contributed by atoms with Crippen LogP contribution in [0.5, 0.6) is 5.75 Å². The Labute approximate surface area is 201 Å². The minimum Gasteiger partial charge on any atom is -0.497 e. The first-order valence-electron chi connectivity index (χ1n) is 10.5. The zero-order valence-electron chi connectivity index (χ0n) is 18.8. The van der Waals surface area contributed by atoms with Crippen LogP contribution in [-0.2, 0) is 14.3 Å². The smallest absolute Gasteiger partial charge is 0.340 e. The van der Waals surface area contributed by atoms with Gasteiger partial charge < -0.3 is 14.8 Å². The number of methoxy groups -OCH3 is 1. The number of hydrogen-bond acceptors (Lipinski definition) is 6. The van der Waals surface area contributed by atoms with Gasteiger partial charge in [0, 0.05) is 11.6 Å². The third-order valence-corrected chi connectivity index (χ3v) is 4.63. The molecule has 0 aliphatic heterocycles. The molecule has 3 rings (SSSR count). The molecule has 0 saturated carbocycles. The van der Waals surface area contributed by atoms with Crippen LogP contribution in [-0.4, -0.2) is 37.4 Å². The van der Waals surface area contributed by atoms with Crippen LogP contribution in [0.2, 0.25) is 0 Å². The number of anilines is 1. The van der Waals surface area contributed by atoms with E-state index in [1.54, 1.807) is 79.9 Å². The van der Waals surface area contributed by atoms with E-state index in [-0.39, 0.29) is 11.3 Å². The highest BCUT2D eigenvalue weighted by molar-refractivity contribution is 6.06. The van der Waals surface area contributed by atoms with E-state index in [9.17, 15) is 19.2 Å². The molecule has 0 aromatic heterocycles. The Hall–Kier alpha value is -4.92. The van der Waals surface area contributed by atoms with E-state index in [0.29, 0.717) is 11.3 Å². The second-order valence-electron chi connectivity index (χ2n) is 7.09. The molecule has 0 fully saturated rings. The van der Waals surface area contributed by atoms with Crippen molar-refractivity contribution in [3.8, 4) is 5.75 Å². The summed E-state index contributed by atoms with van der Waals surface area (Å²) in [4.78, 5) is 48.7. The number of carbonyl (C=O) groups is 4. The molecule has 35 heavy (non-hydrogen) atoms. The molecule has 9 heteroatoms. The number of rotatable bonds is 8. The van der Waals surface area contributed by atoms with Crippen LogP contribution >= 0.6 is 0 Å². The number of esters is 1. The highest BCUT2D eigenvalue weighted by Gasteiger charge is 2.16. The molecule has 3 N–H and O–H groups in total. The quantitative estimate of drug-likeness (QED) is 0.263. The maximum atomic E-state index is 12.5. The van der Waals surface area contributed by atoms with E-state index in [2.05, 4.69) is 16.2 Å². The van der Waals surface area contributed by atoms with Crippen LogP contribution in [0.1, 0.15) is 26.3 Å². The molecule has 0 atom stereocenters. The van der Waals surface area contributed by atoms with Crippen molar-refractivity contribution in [2.45, 2.75) is 0 Å². The third kappa shape index (κ3) is 7.57. The SMILES string of the molecule is COc1ccc(/C=C/C(=O)Nc2ccccc2C(=O)OCC(=O)NNC(=O)c2ccccc2)cc1. The van der Waals surface area contributed by atoms with Crippen molar-refractivity contribution in [2.75, 3.05) is 19.0 Å². The van der Waals surface area contributed by atoms with E-state index in [0.717, 1.165) is 5.56 Å². The van der Waals surface area contributed by atoms with E-state index in [1.165, 1.54) is 18.2 Å². The molecule has 0 heterocycles. The summed E-state index contributed by atoms with van der Waals surface area (Å²) >= 11 is 0. The van der Waals surface area contributed by atoms with Gasteiger partial charge in [-0.3, -0.25) is 25.2 Å². The van der Waals surface area contributed by atoms with Gasteiger partial charge in [-0.25, -0.2) is 4.79 Å². The normalized spacial score (nSPS) is 10.3. The van der Waals surface area contributed by atoms with Crippen molar-refractivity contribution in [3.63, 3.8) is 0 Å². The minimum atomic E-state index is -0.815. The fourth-order valence-corrected chi connectivity index (χ4v) is 2.86. The van der Waals surface area contributed by atoms with Crippen molar-refractivity contribution in [1.82, 2.24) is 10.9 Å². The molecule has 0 unspecified atom stereocenters. The Balaban J connectivity index is 1.52. The van der Waals surface area contributed by atoms with Crippen molar-refractivity contribution < 1.29 is 28.7 Å². The lowest BCUT2D eigenvalue weighted by molar-refractivity contribution is -0.125. The van der Waals surface area contributed by atoms with E-state index < -0.39 is 30.3 Å². The number of ether oxygens (including phenoxy) is 2. The molecular weight excluding hydrogens is 450 g/mol. The van der Waals surface area contributed by atoms with E-state index >= 15 is 0 Å². The number of amides is 3. The Morgan fingerprint density at radius 2 is 1.51 bits per heavy atom. The third-order valence-electron chi connectivity index (χ3n) is 4.63. The average molecular weight is 473 g/mol. The first kappa shape index (κ1) is 24.7. The van der Waals surface area contributed by atoms with Crippen molar-refractivity contribution in [2.24, 2.45) is 0 Å². The van der Waals surface area contributed by atoms with Crippen LogP contribution in [0.25, 0.3) is 6.08 Å². The number of nitrogens with one attached hydrogen (secondary N) is 3. The number of hydrogen-bond donors (Lipinski definition) is 3. The van der Waals surface area contributed by atoms with Crippen LogP contribution in [0, 0.1) is 0 Å². The lowest BCUT2D eigenvalue weighted by atomic mass is 10.1. The molecule has 3 amide bonds. The van der Waals surface area contributed by atoms with Crippen LogP contribution in [0.3, 0.4) is 0 Å². The number of benzene rings is 3. The maximum absolute atomic E-state index is 12.5. The van der Waals surface area contributed by atoms with Gasteiger partial charge in [-0.05, 0) is 48.0 Å². The maximum Gasteiger partial charge on any atom is 0.340 e. The Kier molecular flexibility index (Phi) is 8.73. The summed E-state index contributed by atoms with van der Waals surface area (Å²) < 4.78 is 10.1. The Morgan fingerprint density at radius 1 is 0.829 bits per heavy atom. The average Bonchev–Trinajstić information content (AvgIpc) is 2.90. The number of para-hydroxylation sites is 1. The Morgan fingerprint density at radius 3 is 2.23 bits per heavy atom. The van der Waals surface area contributed by atoms with Gasteiger partial charge in [-0.15, -0.1) is 0 Å². The molecule has 0 spiro atoms. The summed E-state index contributed by atoms with van der Waals surface area (Å²) in [5, 5.41) is 2.62. The topological polar surface area (TPSA) is 123 Å². The summed E-state index contributed by atoms with van der Waals surface area (Å²) in [5.41, 5.74) is 5.84. The highest BCUT2D eigenvalue weighted by atomic mass is 16.5. The number of carbonyl (C=O) groups excluding carboxylic acids is 4. The summed E-state index contributed by atoms with van der Waals surface area (Å²) in [6.45, 7) is -0.631. The van der Waals surface area contributed by atoms with Gasteiger partial charge in [-0.2, -0.15) is 0 Å². The summed E-state index contributed by atoms with van der Waals surface area (Å²) in [5.74, 6) is -1.81. The standard InChI is InChI=1S/C26H23N3O6/c1-34-20-14-11-18(12-15-20)13-16-23(30)27-22-10-6-5-9-21(22)26(33)35-17-24(31)28-29-25(32)19-7-3-2-4-8-19/h2-16H,17H2,1H3,(H,27,30)(H,28,31)(H,29,32)/b16-13+. The molecule has 0 radical (unpaired) electrons. The van der Waals surface area contributed by atoms with Crippen molar-refractivity contribution in [1.29, 1.82) is 0 Å². The first-order chi connectivity index (χ1) is 17.0. The zero-order valence-corrected chi connectivity index (χ0v) is 18.8. The number of hydrazine groups is 1. The van der Waals surface area contributed by atoms with Crippen LogP contribution < -0.4 is 20.9 Å². The predicted octanol–water partition coefficient (Wildman–Crippen LogP) is 2.97. The largest absolute Gasteiger partial charge is 0.497 e. The van der Waals surface area contributed by atoms with Gasteiger partial charge in [0.15, 0.2) is 6.61 Å². The summed E-state index contributed by atoms with van der Waals surface area (Å²) in [7, 11) is 1.57. The lowest BCUT2D eigenvalue weighted by Gasteiger charge is -2.11. The Bertz CT molecular complexity index is 1220. The second-order valence-corrected chi connectivity index (χ2v) is 7.09. The molecule has 178 valence electrons. The molecule has 0 bridgehead atoms. The summed E-state index contributed by atoms with van der Waals surface area (Å²) in [6.07, 6.45) is 2.94. The fourth-order valence-electron chi connectivity index (χ4n) is 2.86.